The maximum Gasteiger partial charge on any atom is 0.204 e. The summed E-state index contributed by atoms with van der Waals surface area (Å²) in [7, 11) is 0. The molecule has 0 aliphatic heterocycles. The Bertz CT molecular complexity index is 607. The molecule has 1 aromatic carbocycles. The molecule has 23 heavy (non-hydrogen) atoms. The summed E-state index contributed by atoms with van der Waals surface area (Å²) in [6.45, 7) is 0. The Hall–Kier alpha value is -2.20. The molecule has 1 saturated carbocycles. The summed E-state index contributed by atoms with van der Waals surface area (Å²) >= 11 is 0. The van der Waals surface area contributed by atoms with Gasteiger partial charge in [0.15, 0.2) is 0 Å². The second kappa shape index (κ2) is 8.44. The van der Waals surface area contributed by atoms with Gasteiger partial charge in [0, 0.05) is 17.9 Å². The van der Waals surface area contributed by atoms with Crippen LogP contribution in [0.4, 0.5) is 0 Å². The number of benzene rings is 1. The molecule has 0 unspecified atom stereocenters. The number of amides is 1. The molecule has 4 heteroatoms. The van der Waals surface area contributed by atoms with E-state index in [1.165, 1.54) is 36.0 Å². The molecule has 0 spiro atoms. The quantitative estimate of drug-likeness (QED) is 0.855. The van der Waals surface area contributed by atoms with Crippen molar-refractivity contribution in [1.82, 2.24) is 4.98 Å². The van der Waals surface area contributed by atoms with E-state index in [2.05, 4.69) is 41.0 Å². The lowest BCUT2D eigenvalue weighted by Crippen LogP contribution is -2.43. The third-order valence-electron chi connectivity index (χ3n) is 4.33. The minimum absolute atomic E-state index is 0.00577. The van der Waals surface area contributed by atoms with Gasteiger partial charge < -0.3 is 11.5 Å². The first kappa shape index (κ1) is 17.2. The van der Waals surface area contributed by atoms with Crippen LogP contribution in [0.3, 0.4) is 0 Å². The van der Waals surface area contributed by atoms with Crippen LogP contribution in [0, 0.1) is 0 Å². The number of nitrogens with two attached hydrogens (primary N) is 2. The molecule has 122 valence electrons. The van der Waals surface area contributed by atoms with Gasteiger partial charge >= 0.3 is 0 Å². The van der Waals surface area contributed by atoms with Gasteiger partial charge in [-0.25, -0.2) is 0 Å². The van der Waals surface area contributed by atoms with Crippen molar-refractivity contribution in [2.45, 2.75) is 44.1 Å². The van der Waals surface area contributed by atoms with Crippen LogP contribution in [-0.4, -0.2) is 16.9 Å². The van der Waals surface area contributed by atoms with Gasteiger partial charge in [-0.1, -0.05) is 49.6 Å². The van der Waals surface area contributed by atoms with Gasteiger partial charge in [0.25, 0.3) is 0 Å². The first-order valence-electron chi connectivity index (χ1n) is 8.10. The normalized spacial score (nSPS) is 16.0. The zero-order chi connectivity index (χ0) is 16.5. The SMILES string of the molecule is NC1(Cc2cccc(-c3cccnc3)c2)CCCCC1.NC=O. The molecule has 1 heterocycles. The van der Waals surface area contributed by atoms with Crippen molar-refractivity contribution in [2.75, 3.05) is 0 Å². The van der Waals surface area contributed by atoms with Gasteiger partial charge in [0.05, 0.1) is 0 Å². The molecular weight excluding hydrogens is 286 g/mol. The zero-order valence-corrected chi connectivity index (χ0v) is 13.4. The van der Waals surface area contributed by atoms with Gasteiger partial charge in [0.1, 0.15) is 0 Å². The third kappa shape index (κ3) is 5.18. The Morgan fingerprint density at radius 2 is 1.78 bits per heavy atom. The predicted molar refractivity (Wildman–Crippen MR) is 93.6 cm³/mol. The minimum Gasteiger partial charge on any atom is -0.372 e. The van der Waals surface area contributed by atoms with E-state index in [-0.39, 0.29) is 11.9 Å². The van der Waals surface area contributed by atoms with Crippen molar-refractivity contribution in [3.8, 4) is 11.1 Å². The highest BCUT2D eigenvalue weighted by atomic mass is 16.1. The summed E-state index contributed by atoms with van der Waals surface area (Å²) < 4.78 is 0. The summed E-state index contributed by atoms with van der Waals surface area (Å²) in [5.74, 6) is 0. The first-order valence-corrected chi connectivity index (χ1v) is 8.10. The zero-order valence-electron chi connectivity index (χ0n) is 13.4. The van der Waals surface area contributed by atoms with E-state index >= 15 is 0 Å². The number of nitrogens with zero attached hydrogens (tertiary/aromatic N) is 1. The second-order valence-corrected chi connectivity index (χ2v) is 6.18. The van der Waals surface area contributed by atoms with Gasteiger partial charge in [-0.15, -0.1) is 0 Å². The Balaban J connectivity index is 0.000000595. The number of hydrogen-bond donors (Lipinski definition) is 2. The molecule has 0 radical (unpaired) electrons. The molecular formula is C19H25N3O. The standard InChI is InChI=1S/C18H22N2.CH3NO/c19-18(9-2-1-3-10-18)13-15-6-4-7-16(12-15)17-8-5-11-20-14-17;2-1-3/h4-8,11-12,14H,1-3,9-10,13,19H2;1H,(H2,2,3). The van der Waals surface area contributed by atoms with Crippen LogP contribution >= 0.6 is 0 Å². The molecule has 0 bridgehead atoms. The van der Waals surface area contributed by atoms with E-state index in [0.29, 0.717) is 0 Å². The Morgan fingerprint density at radius 3 is 2.43 bits per heavy atom. The number of primary amides is 1. The average Bonchev–Trinajstić information content (AvgIpc) is 2.57. The maximum absolute atomic E-state index is 8.58. The number of rotatable bonds is 3. The second-order valence-electron chi connectivity index (χ2n) is 6.18. The molecule has 3 rings (SSSR count). The number of aromatic nitrogens is 1. The first-order chi connectivity index (χ1) is 11.2. The molecule has 4 nitrogen and oxygen atoms in total. The van der Waals surface area contributed by atoms with E-state index in [9.17, 15) is 0 Å². The fourth-order valence-electron chi connectivity index (χ4n) is 3.23. The average molecular weight is 311 g/mol. The number of pyridine rings is 1. The summed E-state index contributed by atoms with van der Waals surface area (Å²) in [6.07, 6.45) is 11.2. The highest BCUT2D eigenvalue weighted by molar-refractivity contribution is 5.63. The van der Waals surface area contributed by atoms with Crippen molar-refractivity contribution in [3.05, 3.63) is 54.4 Å². The van der Waals surface area contributed by atoms with Crippen LogP contribution in [0.15, 0.2) is 48.8 Å². The Labute approximate surface area is 137 Å². The summed E-state index contributed by atoms with van der Waals surface area (Å²) in [6, 6.07) is 12.8. The lowest BCUT2D eigenvalue weighted by Gasteiger charge is -2.33. The third-order valence-corrected chi connectivity index (χ3v) is 4.33. The van der Waals surface area contributed by atoms with E-state index < -0.39 is 0 Å². The molecule has 2 aromatic rings. The van der Waals surface area contributed by atoms with Gasteiger partial charge in [0.2, 0.25) is 6.41 Å². The van der Waals surface area contributed by atoms with Crippen molar-refractivity contribution < 1.29 is 4.79 Å². The summed E-state index contributed by atoms with van der Waals surface area (Å²) in [5, 5.41) is 0. The Morgan fingerprint density at radius 1 is 1.09 bits per heavy atom. The van der Waals surface area contributed by atoms with Crippen LogP contribution in [0.2, 0.25) is 0 Å². The van der Waals surface area contributed by atoms with E-state index in [1.54, 1.807) is 0 Å². The van der Waals surface area contributed by atoms with Gasteiger partial charge in [-0.2, -0.15) is 0 Å². The van der Waals surface area contributed by atoms with Crippen LogP contribution < -0.4 is 11.5 Å². The van der Waals surface area contributed by atoms with Crippen LogP contribution in [0.5, 0.6) is 0 Å². The van der Waals surface area contributed by atoms with Crippen molar-refractivity contribution in [1.29, 1.82) is 0 Å². The van der Waals surface area contributed by atoms with Crippen LogP contribution in [-0.2, 0) is 11.2 Å². The fraction of sp³-hybridized carbons (Fsp3) is 0.368. The van der Waals surface area contributed by atoms with Crippen molar-refractivity contribution >= 4 is 6.41 Å². The van der Waals surface area contributed by atoms with E-state index in [1.807, 2.05) is 18.5 Å². The van der Waals surface area contributed by atoms with Crippen LogP contribution in [0.1, 0.15) is 37.7 Å². The number of carbonyl (C=O) groups is 1. The lowest BCUT2D eigenvalue weighted by atomic mass is 9.78. The minimum atomic E-state index is 0.00577. The molecule has 1 amide bonds. The monoisotopic (exact) mass is 311 g/mol. The summed E-state index contributed by atoms with van der Waals surface area (Å²) in [4.78, 5) is 12.8. The predicted octanol–water partition coefficient (Wildman–Crippen LogP) is 3.05. The van der Waals surface area contributed by atoms with E-state index in [0.717, 1.165) is 19.3 Å². The molecule has 1 aliphatic rings. The largest absolute Gasteiger partial charge is 0.372 e. The number of hydrogen-bond acceptors (Lipinski definition) is 3. The molecule has 0 atom stereocenters. The van der Waals surface area contributed by atoms with Gasteiger partial charge in [-0.05, 0) is 42.0 Å². The molecule has 0 saturated heterocycles. The smallest absolute Gasteiger partial charge is 0.204 e. The topological polar surface area (TPSA) is 82.0 Å². The molecule has 1 fully saturated rings. The van der Waals surface area contributed by atoms with Crippen LogP contribution in [0.25, 0.3) is 11.1 Å². The Kier molecular flexibility index (Phi) is 6.29. The fourth-order valence-corrected chi connectivity index (χ4v) is 3.23. The highest BCUT2D eigenvalue weighted by Gasteiger charge is 2.27. The molecule has 1 aromatic heterocycles. The summed E-state index contributed by atoms with van der Waals surface area (Å²) in [5.41, 5.74) is 14.5. The molecule has 4 N–H and O–H groups in total. The molecule has 1 aliphatic carbocycles. The van der Waals surface area contributed by atoms with Gasteiger partial charge in [-0.3, -0.25) is 9.78 Å². The maximum atomic E-state index is 8.58. The lowest BCUT2D eigenvalue weighted by molar-refractivity contribution is -0.106. The van der Waals surface area contributed by atoms with Crippen molar-refractivity contribution in [2.24, 2.45) is 11.5 Å². The van der Waals surface area contributed by atoms with E-state index in [4.69, 9.17) is 10.5 Å². The highest BCUT2D eigenvalue weighted by Crippen LogP contribution is 2.30. The number of carbonyl (C=O) groups excluding carboxylic acids is 1. The van der Waals surface area contributed by atoms with Crippen molar-refractivity contribution in [3.63, 3.8) is 0 Å².